The zero-order valence-electron chi connectivity index (χ0n) is 7.23. The Morgan fingerprint density at radius 3 is 2.00 bits per heavy atom. The summed E-state index contributed by atoms with van der Waals surface area (Å²) in [6.45, 7) is 0. The fourth-order valence-corrected chi connectivity index (χ4v) is 0.945. The Balaban J connectivity index is 0. The Kier molecular flexibility index (Phi) is 2.73. The Morgan fingerprint density at radius 2 is 1.67 bits per heavy atom. The minimum absolute atomic E-state index is 0. The fourth-order valence-electron chi connectivity index (χ4n) is 0.945. The third-order valence-corrected chi connectivity index (χ3v) is 1.71. The van der Waals surface area contributed by atoms with Crippen LogP contribution in [-0.2, 0) is 0 Å². The lowest BCUT2D eigenvalue weighted by atomic mass is 9.80. The van der Waals surface area contributed by atoms with Gasteiger partial charge in [0.05, 0.1) is 0 Å². The molecule has 1 rings (SSSR count). The van der Waals surface area contributed by atoms with Crippen molar-refractivity contribution in [2.24, 2.45) is 0 Å². The molecule has 0 radical (unpaired) electrons. The molecule has 1 aromatic rings. The normalized spacial score (nSPS) is 9.67. The van der Waals surface area contributed by atoms with Gasteiger partial charge >= 0.3 is 7.12 Å². The number of hydrogen-bond acceptors (Lipinski definition) is 3. The number of benzene rings is 1. The first-order chi connectivity index (χ1) is 5.61. The zero-order chi connectivity index (χ0) is 9.14. The summed E-state index contributed by atoms with van der Waals surface area (Å²) < 4.78 is 0. The molecule has 0 saturated heterocycles. The monoisotopic (exact) mass is 169 g/mol. The standard InChI is InChI=1S/C8H12BNO2.2H2/c1-10(2)8-5-3-7(4-6-8)9(11)12;;/h3-6,11-12H,1-2H3;2*1H. The Morgan fingerprint density at radius 1 is 1.17 bits per heavy atom. The molecule has 0 aliphatic carbocycles. The topological polar surface area (TPSA) is 43.7 Å². The van der Waals surface area contributed by atoms with Crippen LogP contribution in [0.5, 0.6) is 0 Å². The molecule has 0 heterocycles. The minimum atomic E-state index is -1.37. The van der Waals surface area contributed by atoms with Gasteiger partial charge in [-0.1, -0.05) is 12.1 Å². The molecule has 12 heavy (non-hydrogen) atoms. The molecule has 0 aliphatic heterocycles. The molecule has 0 amide bonds. The van der Waals surface area contributed by atoms with Crippen LogP contribution in [0.25, 0.3) is 0 Å². The van der Waals surface area contributed by atoms with E-state index in [9.17, 15) is 0 Å². The van der Waals surface area contributed by atoms with E-state index in [2.05, 4.69) is 0 Å². The van der Waals surface area contributed by atoms with Crippen molar-refractivity contribution in [3.63, 3.8) is 0 Å². The van der Waals surface area contributed by atoms with Crippen LogP contribution in [-0.4, -0.2) is 31.3 Å². The molecule has 0 spiro atoms. The Labute approximate surface area is 75.4 Å². The number of hydrogen-bond donors (Lipinski definition) is 2. The maximum Gasteiger partial charge on any atom is 0.488 e. The molecule has 3 nitrogen and oxygen atoms in total. The van der Waals surface area contributed by atoms with E-state index < -0.39 is 7.12 Å². The first-order valence-corrected chi connectivity index (χ1v) is 3.74. The lowest BCUT2D eigenvalue weighted by Crippen LogP contribution is -2.29. The highest BCUT2D eigenvalue weighted by Gasteiger charge is 2.09. The summed E-state index contributed by atoms with van der Waals surface area (Å²) in [4.78, 5) is 1.95. The lowest BCUT2D eigenvalue weighted by Gasteiger charge is -2.12. The molecule has 2 N–H and O–H groups in total. The summed E-state index contributed by atoms with van der Waals surface area (Å²) in [5, 5.41) is 17.6. The molecular weight excluding hydrogens is 153 g/mol. The van der Waals surface area contributed by atoms with Gasteiger partial charge in [0.1, 0.15) is 0 Å². The summed E-state index contributed by atoms with van der Waals surface area (Å²) in [5.41, 5.74) is 1.56. The first-order valence-electron chi connectivity index (χ1n) is 3.74. The van der Waals surface area contributed by atoms with Crippen LogP contribution in [0.4, 0.5) is 5.69 Å². The highest BCUT2D eigenvalue weighted by Crippen LogP contribution is 2.07. The minimum Gasteiger partial charge on any atom is -0.423 e. The number of anilines is 1. The highest BCUT2D eigenvalue weighted by atomic mass is 16.4. The van der Waals surface area contributed by atoms with Crippen LogP contribution in [0, 0.1) is 0 Å². The molecule has 1 aromatic carbocycles. The van der Waals surface area contributed by atoms with E-state index in [-0.39, 0.29) is 2.85 Å². The Bertz CT molecular complexity index is 227. The maximum atomic E-state index is 8.80. The van der Waals surface area contributed by atoms with Gasteiger partial charge in [-0.25, -0.2) is 0 Å². The van der Waals surface area contributed by atoms with Crippen molar-refractivity contribution in [1.82, 2.24) is 0 Å². The van der Waals surface area contributed by atoms with Crippen molar-refractivity contribution in [2.45, 2.75) is 0 Å². The van der Waals surface area contributed by atoms with E-state index >= 15 is 0 Å². The van der Waals surface area contributed by atoms with Crippen molar-refractivity contribution in [3.8, 4) is 0 Å². The third kappa shape index (κ3) is 2.00. The Hall–Kier alpha value is -0.995. The zero-order valence-corrected chi connectivity index (χ0v) is 7.23. The van der Waals surface area contributed by atoms with E-state index in [1.807, 2.05) is 31.1 Å². The predicted molar refractivity (Wildman–Crippen MR) is 54.8 cm³/mol. The maximum absolute atomic E-state index is 8.80. The number of rotatable bonds is 2. The molecule has 0 atom stereocenters. The molecule has 0 saturated carbocycles. The lowest BCUT2D eigenvalue weighted by molar-refractivity contribution is 0.426. The molecule has 0 bridgehead atoms. The highest BCUT2D eigenvalue weighted by molar-refractivity contribution is 6.58. The van der Waals surface area contributed by atoms with Gasteiger partial charge in [-0.15, -0.1) is 0 Å². The van der Waals surface area contributed by atoms with E-state index in [0.717, 1.165) is 5.69 Å². The van der Waals surface area contributed by atoms with Gasteiger partial charge in [0, 0.05) is 22.6 Å². The van der Waals surface area contributed by atoms with Crippen LogP contribution in [0.1, 0.15) is 2.85 Å². The van der Waals surface area contributed by atoms with E-state index in [1.54, 1.807) is 12.1 Å². The summed E-state index contributed by atoms with van der Waals surface area (Å²) in [7, 11) is 2.50. The largest absolute Gasteiger partial charge is 0.488 e. The second-order valence-electron chi connectivity index (χ2n) is 2.86. The van der Waals surface area contributed by atoms with E-state index in [1.165, 1.54) is 0 Å². The molecular formula is C8H16BNO2. The van der Waals surface area contributed by atoms with Gasteiger partial charge in [0.2, 0.25) is 0 Å². The van der Waals surface area contributed by atoms with Crippen LogP contribution in [0.15, 0.2) is 24.3 Å². The second-order valence-corrected chi connectivity index (χ2v) is 2.86. The molecule has 0 aromatic heterocycles. The third-order valence-electron chi connectivity index (χ3n) is 1.71. The SMILES string of the molecule is CN(C)c1ccc(B(O)O)cc1.[HH].[HH]. The number of nitrogens with zero attached hydrogens (tertiary/aromatic N) is 1. The van der Waals surface area contributed by atoms with Crippen molar-refractivity contribution < 1.29 is 12.9 Å². The van der Waals surface area contributed by atoms with Crippen LogP contribution in [0.2, 0.25) is 0 Å². The second kappa shape index (κ2) is 3.60. The van der Waals surface area contributed by atoms with Gasteiger partial charge in [-0.2, -0.15) is 0 Å². The molecule has 0 fully saturated rings. The van der Waals surface area contributed by atoms with Crippen LogP contribution >= 0.6 is 0 Å². The van der Waals surface area contributed by atoms with E-state index in [4.69, 9.17) is 10.0 Å². The van der Waals surface area contributed by atoms with Gasteiger partial charge in [0.25, 0.3) is 0 Å². The fraction of sp³-hybridized carbons (Fsp3) is 0.250. The summed E-state index contributed by atoms with van der Waals surface area (Å²) in [6.07, 6.45) is 0. The van der Waals surface area contributed by atoms with Crippen molar-refractivity contribution in [1.29, 1.82) is 0 Å². The van der Waals surface area contributed by atoms with Gasteiger partial charge in [-0.05, 0) is 17.6 Å². The quantitative estimate of drug-likeness (QED) is 0.608. The van der Waals surface area contributed by atoms with Gasteiger partial charge in [-0.3, -0.25) is 0 Å². The summed E-state index contributed by atoms with van der Waals surface area (Å²) in [6, 6.07) is 7.07. The van der Waals surface area contributed by atoms with Crippen LogP contribution < -0.4 is 10.4 Å². The van der Waals surface area contributed by atoms with E-state index in [0.29, 0.717) is 5.46 Å². The molecule has 68 valence electrons. The van der Waals surface area contributed by atoms with Crippen molar-refractivity contribution in [3.05, 3.63) is 24.3 Å². The average molecular weight is 169 g/mol. The summed E-state index contributed by atoms with van der Waals surface area (Å²) >= 11 is 0. The predicted octanol–water partition coefficient (Wildman–Crippen LogP) is -0.0756. The van der Waals surface area contributed by atoms with Gasteiger partial charge < -0.3 is 14.9 Å². The first kappa shape index (κ1) is 9.10. The van der Waals surface area contributed by atoms with Crippen LogP contribution in [0.3, 0.4) is 0 Å². The summed E-state index contributed by atoms with van der Waals surface area (Å²) in [5.74, 6) is 0. The average Bonchev–Trinajstić information content (AvgIpc) is 2.04. The molecule has 0 aliphatic rings. The van der Waals surface area contributed by atoms with Gasteiger partial charge in [0.15, 0.2) is 0 Å². The van der Waals surface area contributed by atoms with Crippen molar-refractivity contribution >= 4 is 18.3 Å². The molecule has 0 unspecified atom stereocenters. The molecule has 4 heteroatoms. The van der Waals surface area contributed by atoms with Crippen molar-refractivity contribution in [2.75, 3.05) is 19.0 Å². The smallest absolute Gasteiger partial charge is 0.423 e.